The van der Waals surface area contributed by atoms with Crippen molar-refractivity contribution < 1.29 is 5.11 Å². The van der Waals surface area contributed by atoms with Crippen molar-refractivity contribution in [2.24, 2.45) is 5.92 Å². The van der Waals surface area contributed by atoms with Gasteiger partial charge in [-0.2, -0.15) is 11.8 Å². The van der Waals surface area contributed by atoms with E-state index in [0.717, 1.165) is 12.2 Å². The Morgan fingerprint density at radius 1 is 1.28 bits per heavy atom. The van der Waals surface area contributed by atoms with Crippen molar-refractivity contribution in [3.8, 4) is 0 Å². The molecule has 1 aromatic rings. The highest BCUT2D eigenvalue weighted by molar-refractivity contribution is 7.99. The van der Waals surface area contributed by atoms with Gasteiger partial charge in [-0.05, 0) is 30.7 Å². The number of rotatable bonds is 8. The molecule has 0 amide bonds. The highest BCUT2D eigenvalue weighted by atomic mass is 32.2. The molecule has 0 bridgehead atoms. The number of aliphatic hydroxyl groups excluding tert-OH is 1. The first kappa shape index (κ1) is 15.5. The molecule has 0 saturated carbocycles. The number of aliphatic hydroxyl groups is 1. The van der Waals surface area contributed by atoms with Gasteiger partial charge in [0.15, 0.2) is 0 Å². The fourth-order valence-electron chi connectivity index (χ4n) is 2.02. The van der Waals surface area contributed by atoms with E-state index >= 15 is 0 Å². The highest BCUT2D eigenvalue weighted by Crippen LogP contribution is 2.30. The lowest BCUT2D eigenvalue weighted by atomic mass is 10.0. The lowest BCUT2D eigenvalue weighted by Gasteiger charge is -2.27. The third-order valence-corrected chi connectivity index (χ3v) is 4.95. The molecule has 3 unspecified atom stereocenters. The second-order valence-corrected chi connectivity index (χ2v) is 6.02. The molecule has 0 heterocycles. The average Bonchev–Trinajstić information content (AvgIpc) is 2.43. The Labute approximate surface area is 115 Å². The third-order valence-electron chi connectivity index (χ3n) is 3.15. The topological polar surface area (TPSA) is 32.3 Å². The van der Waals surface area contributed by atoms with Crippen LogP contribution in [-0.4, -0.2) is 29.8 Å². The number of thioether (sulfide) groups is 1. The quantitative estimate of drug-likeness (QED) is 0.759. The molecular weight excluding hydrogens is 242 g/mol. The maximum Gasteiger partial charge on any atom is 0.0464 e. The van der Waals surface area contributed by atoms with E-state index in [1.54, 1.807) is 0 Å². The van der Waals surface area contributed by atoms with Gasteiger partial charge in [0.1, 0.15) is 0 Å². The second kappa shape index (κ2) is 8.57. The van der Waals surface area contributed by atoms with Crippen molar-refractivity contribution in [2.75, 3.05) is 19.4 Å². The zero-order chi connectivity index (χ0) is 13.4. The summed E-state index contributed by atoms with van der Waals surface area (Å²) in [4.78, 5) is 0. The van der Waals surface area contributed by atoms with Gasteiger partial charge in [0.25, 0.3) is 0 Å². The number of nitrogens with one attached hydrogen (secondary N) is 1. The molecule has 0 aromatic heterocycles. The molecule has 1 aromatic carbocycles. The molecule has 2 N–H and O–H groups in total. The van der Waals surface area contributed by atoms with Crippen molar-refractivity contribution in [3.63, 3.8) is 0 Å². The fraction of sp³-hybridized carbons (Fsp3) is 0.600. The average molecular weight is 267 g/mol. The summed E-state index contributed by atoms with van der Waals surface area (Å²) in [6.07, 6.45) is 1.13. The maximum atomic E-state index is 9.10. The van der Waals surface area contributed by atoms with Crippen LogP contribution in [0.3, 0.4) is 0 Å². The molecular formula is C15H25NOS. The molecule has 102 valence electrons. The van der Waals surface area contributed by atoms with E-state index in [2.05, 4.69) is 49.5 Å². The van der Waals surface area contributed by atoms with Gasteiger partial charge in [0.05, 0.1) is 0 Å². The van der Waals surface area contributed by atoms with E-state index in [4.69, 9.17) is 5.11 Å². The van der Waals surface area contributed by atoms with Crippen LogP contribution in [0.5, 0.6) is 0 Å². The first-order valence-corrected chi connectivity index (χ1v) is 7.72. The summed E-state index contributed by atoms with van der Waals surface area (Å²) in [5, 5.41) is 13.1. The summed E-state index contributed by atoms with van der Waals surface area (Å²) < 4.78 is 0. The van der Waals surface area contributed by atoms with Crippen LogP contribution in [0.4, 0.5) is 0 Å². The summed E-state index contributed by atoms with van der Waals surface area (Å²) in [5.41, 5.74) is 1.34. The lowest BCUT2D eigenvalue weighted by Crippen LogP contribution is -2.27. The molecule has 0 aliphatic heterocycles. The molecule has 1 rings (SSSR count). The van der Waals surface area contributed by atoms with Crippen LogP contribution >= 0.6 is 11.8 Å². The SMILES string of the molecule is CCC(SCC(C)CO)C(NC)c1ccccc1. The molecule has 0 spiro atoms. The van der Waals surface area contributed by atoms with Gasteiger partial charge in [-0.15, -0.1) is 0 Å². The Hall–Kier alpha value is -0.510. The lowest BCUT2D eigenvalue weighted by molar-refractivity contribution is 0.250. The minimum atomic E-state index is 0.277. The van der Waals surface area contributed by atoms with Gasteiger partial charge < -0.3 is 10.4 Å². The van der Waals surface area contributed by atoms with Crippen molar-refractivity contribution in [1.29, 1.82) is 0 Å². The Kier molecular flexibility index (Phi) is 7.40. The minimum Gasteiger partial charge on any atom is -0.396 e. The van der Waals surface area contributed by atoms with Crippen LogP contribution in [0.2, 0.25) is 0 Å². The van der Waals surface area contributed by atoms with Gasteiger partial charge in [-0.3, -0.25) is 0 Å². The molecule has 0 aliphatic carbocycles. The second-order valence-electron chi connectivity index (χ2n) is 4.74. The predicted octanol–water partition coefficient (Wildman–Crippen LogP) is 3.09. The molecule has 18 heavy (non-hydrogen) atoms. The first-order chi connectivity index (χ1) is 8.72. The van der Waals surface area contributed by atoms with E-state index < -0.39 is 0 Å². The zero-order valence-electron chi connectivity index (χ0n) is 11.6. The van der Waals surface area contributed by atoms with Crippen molar-refractivity contribution in [1.82, 2.24) is 5.32 Å². The summed E-state index contributed by atoms with van der Waals surface area (Å²) in [6.45, 7) is 4.60. The van der Waals surface area contributed by atoms with E-state index in [0.29, 0.717) is 17.2 Å². The Morgan fingerprint density at radius 3 is 2.44 bits per heavy atom. The molecule has 0 radical (unpaired) electrons. The molecule has 2 nitrogen and oxygen atoms in total. The largest absolute Gasteiger partial charge is 0.396 e. The normalized spacial score (nSPS) is 16.2. The van der Waals surface area contributed by atoms with E-state index in [-0.39, 0.29) is 6.61 Å². The Balaban J connectivity index is 2.66. The summed E-state index contributed by atoms with van der Waals surface area (Å²) in [7, 11) is 2.02. The van der Waals surface area contributed by atoms with Crippen LogP contribution in [0, 0.1) is 5.92 Å². The Morgan fingerprint density at radius 2 is 1.94 bits per heavy atom. The van der Waals surface area contributed by atoms with Crippen LogP contribution in [0.15, 0.2) is 30.3 Å². The van der Waals surface area contributed by atoms with Gasteiger partial charge in [0.2, 0.25) is 0 Å². The molecule has 3 heteroatoms. The number of hydrogen-bond acceptors (Lipinski definition) is 3. The van der Waals surface area contributed by atoms with Crippen molar-refractivity contribution in [3.05, 3.63) is 35.9 Å². The minimum absolute atomic E-state index is 0.277. The van der Waals surface area contributed by atoms with E-state index in [9.17, 15) is 0 Å². The van der Waals surface area contributed by atoms with Crippen LogP contribution in [0.25, 0.3) is 0 Å². The number of benzene rings is 1. The van der Waals surface area contributed by atoms with Crippen molar-refractivity contribution >= 4 is 11.8 Å². The smallest absolute Gasteiger partial charge is 0.0464 e. The molecule has 0 fully saturated rings. The van der Waals surface area contributed by atoms with Crippen molar-refractivity contribution in [2.45, 2.75) is 31.6 Å². The van der Waals surface area contributed by atoms with Crippen LogP contribution in [0.1, 0.15) is 31.9 Å². The standard InChI is InChI=1S/C15H25NOS/c1-4-14(18-11-12(2)10-17)15(16-3)13-8-6-5-7-9-13/h5-9,12,14-17H,4,10-11H2,1-3H3. The first-order valence-electron chi connectivity index (χ1n) is 6.67. The Bertz CT molecular complexity index is 318. The molecule has 0 saturated heterocycles. The predicted molar refractivity (Wildman–Crippen MR) is 81.0 cm³/mol. The highest BCUT2D eigenvalue weighted by Gasteiger charge is 2.21. The van der Waals surface area contributed by atoms with Crippen LogP contribution in [-0.2, 0) is 0 Å². The van der Waals surface area contributed by atoms with Gasteiger partial charge in [0, 0.05) is 17.9 Å². The fourth-order valence-corrected chi connectivity index (χ4v) is 3.42. The summed E-state index contributed by atoms with van der Waals surface area (Å²) in [6, 6.07) is 11.0. The monoisotopic (exact) mass is 267 g/mol. The summed E-state index contributed by atoms with van der Waals surface area (Å²) >= 11 is 1.96. The van der Waals surface area contributed by atoms with Gasteiger partial charge >= 0.3 is 0 Å². The zero-order valence-corrected chi connectivity index (χ0v) is 12.4. The molecule has 0 aliphatic rings. The van der Waals surface area contributed by atoms with E-state index in [1.807, 2.05) is 18.8 Å². The van der Waals surface area contributed by atoms with Crippen LogP contribution < -0.4 is 5.32 Å². The van der Waals surface area contributed by atoms with E-state index in [1.165, 1.54) is 5.56 Å². The van der Waals surface area contributed by atoms with Gasteiger partial charge in [-0.1, -0.05) is 44.2 Å². The van der Waals surface area contributed by atoms with Gasteiger partial charge in [-0.25, -0.2) is 0 Å². The maximum absolute atomic E-state index is 9.10. The summed E-state index contributed by atoms with van der Waals surface area (Å²) in [5.74, 6) is 1.39. The molecule has 3 atom stereocenters. The third kappa shape index (κ3) is 4.63. The number of hydrogen-bond donors (Lipinski definition) is 2.